The van der Waals surface area contributed by atoms with Gasteiger partial charge >= 0.3 is 6.03 Å². The number of rotatable bonds is 2. The van der Waals surface area contributed by atoms with Crippen LogP contribution in [0.15, 0.2) is 22.7 Å². The Labute approximate surface area is 118 Å². The highest BCUT2D eigenvalue weighted by molar-refractivity contribution is 9.10. The molecular formula is C13H12BrFN2O2. The quantitative estimate of drug-likeness (QED) is 0.783. The molecule has 0 aromatic heterocycles. The molecule has 0 N–H and O–H groups in total. The molecule has 0 spiro atoms. The third kappa shape index (κ3) is 2.04. The molecule has 3 amide bonds. The number of carbonyl (C=O) groups excluding carboxylic acids is 2. The van der Waals surface area contributed by atoms with Gasteiger partial charge in [0.1, 0.15) is 11.9 Å². The van der Waals surface area contributed by atoms with Gasteiger partial charge in [0.15, 0.2) is 0 Å². The Morgan fingerprint density at radius 3 is 2.84 bits per heavy atom. The van der Waals surface area contributed by atoms with Crippen molar-refractivity contribution in [1.29, 1.82) is 0 Å². The summed E-state index contributed by atoms with van der Waals surface area (Å²) in [5, 5.41) is 0. The lowest BCUT2D eigenvalue weighted by Crippen LogP contribution is -2.32. The molecule has 2 heterocycles. The highest BCUT2D eigenvalue weighted by Crippen LogP contribution is 2.29. The predicted molar refractivity (Wildman–Crippen MR) is 69.8 cm³/mol. The van der Waals surface area contributed by atoms with E-state index in [4.69, 9.17) is 0 Å². The van der Waals surface area contributed by atoms with Crippen LogP contribution in [0.25, 0.3) is 0 Å². The van der Waals surface area contributed by atoms with E-state index in [1.165, 1.54) is 17.0 Å². The van der Waals surface area contributed by atoms with Gasteiger partial charge in [-0.15, -0.1) is 0 Å². The Hall–Kier alpha value is -1.43. The number of nitrogens with zero attached hydrogens (tertiary/aromatic N) is 2. The zero-order valence-electron chi connectivity index (χ0n) is 10.1. The number of imide groups is 1. The lowest BCUT2D eigenvalue weighted by atomic mass is 10.2. The third-order valence-electron chi connectivity index (χ3n) is 3.62. The second-order valence-corrected chi connectivity index (χ2v) is 5.65. The number of benzene rings is 1. The topological polar surface area (TPSA) is 40.6 Å². The first kappa shape index (κ1) is 12.6. The minimum absolute atomic E-state index is 0.140. The Morgan fingerprint density at radius 1 is 1.37 bits per heavy atom. The first-order chi connectivity index (χ1) is 9.08. The number of fused-ring (bicyclic) bond motifs is 1. The van der Waals surface area contributed by atoms with E-state index >= 15 is 0 Å². The van der Waals surface area contributed by atoms with E-state index in [9.17, 15) is 14.0 Å². The number of hydrogen-bond donors (Lipinski definition) is 0. The lowest BCUT2D eigenvalue weighted by Gasteiger charge is -2.16. The Bertz CT molecular complexity index is 542. The monoisotopic (exact) mass is 326 g/mol. The van der Waals surface area contributed by atoms with E-state index in [2.05, 4.69) is 15.9 Å². The van der Waals surface area contributed by atoms with Gasteiger partial charge in [0.25, 0.3) is 5.91 Å². The van der Waals surface area contributed by atoms with E-state index in [1.807, 2.05) is 0 Å². The summed E-state index contributed by atoms with van der Waals surface area (Å²) >= 11 is 3.25. The van der Waals surface area contributed by atoms with Crippen LogP contribution in [0.2, 0.25) is 0 Å². The number of urea groups is 1. The zero-order chi connectivity index (χ0) is 13.6. The molecule has 0 radical (unpaired) electrons. The van der Waals surface area contributed by atoms with Crippen LogP contribution in [0.5, 0.6) is 0 Å². The van der Waals surface area contributed by atoms with Gasteiger partial charge < -0.3 is 4.90 Å². The maximum Gasteiger partial charge on any atom is 0.327 e. The number of carbonyl (C=O) groups is 2. The van der Waals surface area contributed by atoms with Crippen LogP contribution in [-0.4, -0.2) is 34.3 Å². The largest absolute Gasteiger partial charge is 0.327 e. The average Bonchev–Trinajstić information content (AvgIpc) is 2.92. The molecule has 1 atom stereocenters. The van der Waals surface area contributed by atoms with Crippen LogP contribution < -0.4 is 0 Å². The van der Waals surface area contributed by atoms with Crippen molar-refractivity contribution in [3.63, 3.8) is 0 Å². The molecular weight excluding hydrogens is 315 g/mol. The molecule has 0 bridgehead atoms. The molecule has 100 valence electrons. The minimum atomic E-state index is -0.352. The van der Waals surface area contributed by atoms with Crippen molar-refractivity contribution in [2.75, 3.05) is 6.54 Å². The van der Waals surface area contributed by atoms with Gasteiger partial charge in [-0.3, -0.25) is 9.69 Å². The van der Waals surface area contributed by atoms with Crippen LogP contribution in [0.4, 0.5) is 9.18 Å². The van der Waals surface area contributed by atoms with Crippen LogP contribution >= 0.6 is 15.9 Å². The number of halogens is 2. The standard InChI is InChI=1S/C13H12BrFN2O2/c14-10-6-9(15)4-3-8(10)7-17-12(18)11-2-1-5-16(11)13(17)19/h3-4,6,11H,1-2,5,7H2. The Kier molecular flexibility index (Phi) is 3.05. The maximum absolute atomic E-state index is 13.0. The SMILES string of the molecule is O=C1C2CCCN2C(=O)N1Cc1ccc(F)cc1Br. The zero-order valence-corrected chi connectivity index (χ0v) is 11.7. The van der Waals surface area contributed by atoms with Crippen LogP contribution in [0, 0.1) is 5.82 Å². The number of amides is 3. The molecule has 1 unspecified atom stereocenters. The van der Waals surface area contributed by atoms with Crippen molar-refractivity contribution in [2.45, 2.75) is 25.4 Å². The smallest absolute Gasteiger partial charge is 0.312 e. The summed E-state index contributed by atoms with van der Waals surface area (Å²) in [6.45, 7) is 0.835. The van der Waals surface area contributed by atoms with Gasteiger partial charge in [-0.1, -0.05) is 22.0 Å². The average molecular weight is 327 g/mol. The fourth-order valence-corrected chi connectivity index (χ4v) is 3.12. The molecule has 4 nitrogen and oxygen atoms in total. The van der Waals surface area contributed by atoms with E-state index in [-0.39, 0.29) is 30.3 Å². The highest BCUT2D eigenvalue weighted by Gasteiger charge is 2.47. The van der Waals surface area contributed by atoms with Gasteiger partial charge in [-0.05, 0) is 30.5 Å². The summed E-state index contributed by atoms with van der Waals surface area (Å²) in [5.41, 5.74) is 0.726. The van der Waals surface area contributed by atoms with Crippen molar-refractivity contribution < 1.29 is 14.0 Å². The fraction of sp³-hybridized carbons (Fsp3) is 0.385. The third-order valence-corrected chi connectivity index (χ3v) is 4.36. The normalized spacial score (nSPS) is 22.3. The van der Waals surface area contributed by atoms with Gasteiger partial charge in [-0.25, -0.2) is 9.18 Å². The van der Waals surface area contributed by atoms with Crippen molar-refractivity contribution in [3.05, 3.63) is 34.1 Å². The second kappa shape index (κ2) is 4.59. The van der Waals surface area contributed by atoms with E-state index < -0.39 is 0 Å². The Morgan fingerprint density at radius 2 is 2.16 bits per heavy atom. The molecule has 0 saturated carbocycles. The van der Waals surface area contributed by atoms with Crippen molar-refractivity contribution in [2.24, 2.45) is 0 Å². The molecule has 6 heteroatoms. The van der Waals surface area contributed by atoms with Gasteiger partial charge in [0.05, 0.1) is 6.54 Å². The molecule has 2 saturated heterocycles. The van der Waals surface area contributed by atoms with E-state index in [1.54, 1.807) is 11.0 Å². The summed E-state index contributed by atoms with van der Waals surface area (Å²) in [5.74, 6) is -0.492. The Balaban J connectivity index is 1.84. The first-order valence-electron chi connectivity index (χ1n) is 6.14. The molecule has 1 aromatic rings. The van der Waals surface area contributed by atoms with Gasteiger partial charge in [0.2, 0.25) is 0 Å². The van der Waals surface area contributed by atoms with Crippen molar-refractivity contribution in [1.82, 2.24) is 9.80 Å². The summed E-state index contributed by atoms with van der Waals surface area (Å²) < 4.78 is 13.6. The maximum atomic E-state index is 13.0. The predicted octanol–water partition coefficient (Wildman–Crippen LogP) is 2.51. The molecule has 2 aliphatic rings. The van der Waals surface area contributed by atoms with Gasteiger partial charge in [-0.2, -0.15) is 0 Å². The first-order valence-corrected chi connectivity index (χ1v) is 6.93. The second-order valence-electron chi connectivity index (χ2n) is 4.79. The fourth-order valence-electron chi connectivity index (χ4n) is 2.65. The van der Waals surface area contributed by atoms with E-state index in [0.717, 1.165) is 18.4 Å². The highest BCUT2D eigenvalue weighted by atomic mass is 79.9. The van der Waals surface area contributed by atoms with Crippen molar-refractivity contribution >= 4 is 27.9 Å². The molecule has 3 rings (SSSR count). The van der Waals surface area contributed by atoms with Crippen LogP contribution in [-0.2, 0) is 11.3 Å². The molecule has 1 aromatic carbocycles. The van der Waals surface area contributed by atoms with E-state index in [0.29, 0.717) is 11.0 Å². The van der Waals surface area contributed by atoms with Crippen LogP contribution in [0.3, 0.4) is 0 Å². The summed E-state index contributed by atoms with van der Waals surface area (Å²) in [6.07, 6.45) is 1.63. The number of hydrogen-bond acceptors (Lipinski definition) is 2. The van der Waals surface area contributed by atoms with Gasteiger partial charge in [0, 0.05) is 11.0 Å². The van der Waals surface area contributed by atoms with Crippen LogP contribution in [0.1, 0.15) is 18.4 Å². The summed E-state index contributed by atoms with van der Waals surface area (Å²) in [6, 6.07) is 3.73. The summed E-state index contributed by atoms with van der Waals surface area (Å²) in [4.78, 5) is 27.2. The summed E-state index contributed by atoms with van der Waals surface area (Å²) in [7, 11) is 0. The minimum Gasteiger partial charge on any atom is -0.312 e. The van der Waals surface area contributed by atoms with Crippen molar-refractivity contribution in [3.8, 4) is 0 Å². The molecule has 0 aliphatic carbocycles. The molecule has 2 fully saturated rings. The molecule has 2 aliphatic heterocycles. The molecule has 19 heavy (non-hydrogen) atoms. The lowest BCUT2D eigenvalue weighted by molar-refractivity contribution is -0.128.